The molecule has 1 aromatic carbocycles. The molecule has 1 aromatic rings. The summed E-state index contributed by atoms with van der Waals surface area (Å²) in [6, 6.07) is 1.17. The minimum atomic E-state index is -5.02. The Bertz CT molecular complexity index is 529. The molecule has 0 amide bonds. The minimum absolute atomic E-state index is 0.118. The van der Waals surface area contributed by atoms with Crippen molar-refractivity contribution in [1.82, 2.24) is 0 Å². The Labute approximate surface area is 98.3 Å². The van der Waals surface area contributed by atoms with E-state index >= 15 is 0 Å². The Hall–Kier alpha value is -1.70. The highest BCUT2D eigenvalue weighted by molar-refractivity contribution is 7.86. The second-order valence-electron chi connectivity index (χ2n) is 2.99. The molecule has 0 spiro atoms. The lowest BCUT2D eigenvalue weighted by Gasteiger charge is -2.15. The second kappa shape index (κ2) is 4.66. The van der Waals surface area contributed by atoms with Crippen LogP contribution in [0.25, 0.3) is 0 Å². The van der Waals surface area contributed by atoms with Crippen molar-refractivity contribution in [3.05, 3.63) is 6.07 Å². The van der Waals surface area contributed by atoms with Crippen molar-refractivity contribution in [2.75, 3.05) is 27.1 Å². The standard InChI is InChI=1S/C9H12FNO5S/c1-14-5-4-6(15-2)9(17(10,12)13)8(16-3)7(5)11/h4H,11H2,1-3H3. The van der Waals surface area contributed by atoms with Crippen molar-refractivity contribution >= 4 is 15.9 Å². The highest BCUT2D eigenvalue weighted by Gasteiger charge is 2.28. The van der Waals surface area contributed by atoms with Crippen LogP contribution >= 0.6 is 0 Å². The zero-order valence-corrected chi connectivity index (χ0v) is 10.3. The molecule has 2 N–H and O–H groups in total. The van der Waals surface area contributed by atoms with E-state index in [1.807, 2.05) is 0 Å². The number of ether oxygens (including phenoxy) is 3. The molecule has 0 aliphatic carbocycles. The first-order chi connectivity index (χ1) is 7.86. The van der Waals surface area contributed by atoms with Crippen molar-refractivity contribution in [3.63, 3.8) is 0 Å². The fourth-order valence-corrected chi connectivity index (χ4v) is 2.16. The molecule has 0 unspecified atom stereocenters. The molecule has 0 heterocycles. The van der Waals surface area contributed by atoms with Gasteiger partial charge in [0.1, 0.15) is 17.2 Å². The number of benzene rings is 1. The van der Waals surface area contributed by atoms with E-state index in [2.05, 4.69) is 0 Å². The van der Waals surface area contributed by atoms with Crippen LogP contribution < -0.4 is 19.9 Å². The first-order valence-electron chi connectivity index (χ1n) is 4.39. The third-order valence-corrected chi connectivity index (χ3v) is 2.96. The maximum Gasteiger partial charge on any atom is 0.339 e. The summed E-state index contributed by atoms with van der Waals surface area (Å²) in [5.74, 6) is -0.454. The van der Waals surface area contributed by atoms with E-state index in [0.717, 1.165) is 0 Å². The first-order valence-corrected chi connectivity index (χ1v) is 5.78. The van der Waals surface area contributed by atoms with Gasteiger partial charge in [-0.05, 0) is 0 Å². The third-order valence-electron chi connectivity index (χ3n) is 2.09. The molecule has 0 saturated heterocycles. The SMILES string of the molecule is COc1cc(OC)c(S(=O)(=O)F)c(OC)c1N. The van der Waals surface area contributed by atoms with Crippen molar-refractivity contribution in [3.8, 4) is 17.2 Å². The smallest absolute Gasteiger partial charge is 0.339 e. The van der Waals surface area contributed by atoms with E-state index in [1.54, 1.807) is 0 Å². The molecule has 0 atom stereocenters. The second-order valence-corrected chi connectivity index (χ2v) is 4.28. The Morgan fingerprint density at radius 2 is 1.65 bits per heavy atom. The fourth-order valence-electron chi connectivity index (χ4n) is 1.36. The number of hydrogen-bond acceptors (Lipinski definition) is 6. The monoisotopic (exact) mass is 265 g/mol. The number of halogens is 1. The lowest BCUT2D eigenvalue weighted by Crippen LogP contribution is -2.05. The minimum Gasteiger partial charge on any atom is -0.495 e. The van der Waals surface area contributed by atoms with Gasteiger partial charge in [0.25, 0.3) is 0 Å². The van der Waals surface area contributed by atoms with Crippen LogP contribution in [0.5, 0.6) is 17.2 Å². The normalized spacial score (nSPS) is 11.1. The molecule has 17 heavy (non-hydrogen) atoms. The van der Waals surface area contributed by atoms with Gasteiger partial charge in [0, 0.05) is 6.07 Å². The van der Waals surface area contributed by atoms with Gasteiger partial charge in [0.15, 0.2) is 10.6 Å². The summed E-state index contributed by atoms with van der Waals surface area (Å²) in [6.45, 7) is 0. The predicted molar refractivity (Wildman–Crippen MR) is 58.8 cm³/mol. The van der Waals surface area contributed by atoms with Crippen LogP contribution in [0.15, 0.2) is 11.0 Å². The quantitative estimate of drug-likeness (QED) is 0.644. The molecule has 8 heteroatoms. The zero-order chi connectivity index (χ0) is 13.2. The molecule has 1 rings (SSSR count). The molecule has 0 saturated carbocycles. The lowest BCUT2D eigenvalue weighted by molar-refractivity contribution is 0.360. The zero-order valence-electron chi connectivity index (χ0n) is 9.48. The molecule has 0 radical (unpaired) electrons. The summed E-state index contributed by atoms with van der Waals surface area (Å²) in [6.07, 6.45) is 0. The van der Waals surface area contributed by atoms with Crippen molar-refractivity contribution in [2.24, 2.45) is 0 Å². The van der Waals surface area contributed by atoms with E-state index in [-0.39, 0.29) is 22.9 Å². The van der Waals surface area contributed by atoms with Gasteiger partial charge in [0.05, 0.1) is 21.3 Å². The van der Waals surface area contributed by atoms with Gasteiger partial charge in [-0.15, -0.1) is 3.89 Å². The Balaban J connectivity index is 3.74. The fraction of sp³-hybridized carbons (Fsp3) is 0.333. The first kappa shape index (κ1) is 13.4. The van der Waals surface area contributed by atoms with Crippen LogP contribution in [-0.2, 0) is 10.2 Å². The predicted octanol–water partition coefficient (Wildman–Crippen LogP) is 0.953. The van der Waals surface area contributed by atoms with Crippen LogP contribution in [0.4, 0.5) is 9.57 Å². The number of hydrogen-bond donors (Lipinski definition) is 1. The van der Waals surface area contributed by atoms with Gasteiger partial charge in [-0.25, -0.2) is 0 Å². The van der Waals surface area contributed by atoms with Gasteiger partial charge < -0.3 is 19.9 Å². The Morgan fingerprint density at radius 1 is 1.12 bits per heavy atom. The van der Waals surface area contributed by atoms with Crippen LogP contribution in [0.1, 0.15) is 0 Å². The highest BCUT2D eigenvalue weighted by Crippen LogP contribution is 2.44. The van der Waals surface area contributed by atoms with Gasteiger partial charge in [-0.1, -0.05) is 0 Å². The van der Waals surface area contributed by atoms with E-state index in [4.69, 9.17) is 19.9 Å². The summed E-state index contributed by atoms with van der Waals surface area (Å²) < 4.78 is 49.6. The van der Waals surface area contributed by atoms with Crippen LogP contribution in [0.3, 0.4) is 0 Å². The van der Waals surface area contributed by atoms with Gasteiger partial charge >= 0.3 is 10.2 Å². The van der Waals surface area contributed by atoms with E-state index < -0.39 is 15.1 Å². The molecule has 96 valence electrons. The van der Waals surface area contributed by atoms with Gasteiger partial charge in [-0.2, -0.15) is 8.42 Å². The maximum absolute atomic E-state index is 13.1. The van der Waals surface area contributed by atoms with Gasteiger partial charge in [0.2, 0.25) is 0 Å². The topological polar surface area (TPSA) is 87.8 Å². The molecule has 6 nitrogen and oxygen atoms in total. The molecular formula is C9H12FNO5S. The molecular weight excluding hydrogens is 253 g/mol. The molecule has 0 aliphatic rings. The summed E-state index contributed by atoms with van der Waals surface area (Å²) >= 11 is 0. The van der Waals surface area contributed by atoms with E-state index in [0.29, 0.717) is 0 Å². The van der Waals surface area contributed by atoms with E-state index in [9.17, 15) is 12.3 Å². The molecule has 0 aromatic heterocycles. The number of rotatable bonds is 4. The average Bonchev–Trinajstić information content (AvgIpc) is 2.27. The van der Waals surface area contributed by atoms with Crippen molar-refractivity contribution < 1.29 is 26.5 Å². The maximum atomic E-state index is 13.1. The number of methoxy groups -OCH3 is 3. The average molecular weight is 265 g/mol. The van der Waals surface area contributed by atoms with Crippen molar-refractivity contribution in [2.45, 2.75) is 4.90 Å². The van der Waals surface area contributed by atoms with Crippen LogP contribution in [0, 0.1) is 0 Å². The van der Waals surface area contributed by atoms with Crippen LogP contribution in [-0.4, -0.2) is 29.7 Å². The highest BCUT2D eigenvalue weighted by atomic mass is 32.3. The van der Waals surface area contributed by atoms with Crippen LogP contribution in [0.2, 0.25) is 0 Å². The number of nitrogens with two attached hydrogens (primary N) is 1. The Kier molecular flexibility index (Phi) is 3.66. The largest absolute Gasteiger partial charge is 0.495 e. The summed E-state index contributed by atoms with van der Waals surface area (Å²) in [5, 5.41) is 0. The molecule has 0 fully saturated rings. The number of nitrogen functional groups attached to an aromatic ring is 1. The number of anilines is 1. The summed E-state index contributed by atoms with van der Waals surface area (Å²) in [5.41, 5.74) is 5.47. The summed E-state index contributed by atoms with van der Waals surface area (Å²) in [7, 11) is -1.33. The van der Waals surface area contributed by atoms with Gasteiger partial charge in [-0.3, -0.25) is 0 Å². The van der Waals surface area contributed by atoms with Crippen molar-refractivity contribution in [1.29, 1.82) is 0 Å². The third kappa shape index (κ3) is 2.36. The molecule has 0 bridgehead atoms. The Morgan fingerprint density at radius 3 is 2.00 bits per heavy atom. The summed E-state index contributed by atoms with van der Waals surface area (Å²) in [4.78, 5) is -0.749. The molecule has 0 aliphatic heterocycles. The van der Waals surface area contributed by atoms with E-state index in [1.165, 1.54) is 27.4 Å². The lowest BCUT2D eigenvalue weighted by atomic mass is 10.2.